The number of benzene rings is 1. The van der Waals surface area contributed by atoms with E-state index in [0.717, 1.165) is 51.6 Å². The van der Waals surface area contributed by atoms with E-state index in [0.29, 0.717) is 12.1 Å². The van der Waals surface area contributed by atoms with E-state index in [-0.39, 0.29) is 5.41 Å². The summed E-state index contributed by atoms with van der Waals surface area (Å²) < 4.78 is 5.65. The maximum atomic E-state index is 5.65. The average molecular weight is 373 g/mol. The molecule has 5 nitrogen and oxygen atoms in total. The number of ether oxygens (including phenoxy) is 1. The summed E-state index contributed by atoms with van der Waals surface area (Å²) in [4.78, 5) is 7.05. The minimum atomic E-state index is 0.123. The van der Waals surface area contributed by atoms with Crippen molar-refractivity contribution in [2.45, 2.75) is 57.0 Å². The van der Waals surface area contributed by atoms with Gasteiger partial charge in [-0.05, 0) is 45.1 Å². The molecule has 0 unspecified atom stereocenters. The Labute approximate surface area is 164 Å². The van der Waals surface area contributed by atoms with Gasteiger partial charge in [0, 0.05) is 57.4 Å². The number of aliphatic imine (C=N–C) groups is 1. The third-order valence-corrected chi connectivity index (χ3v) is 6.25. The second-order valence-electron chi connectivity index (χ2n) is 8.23. The molecule has 2 heterocycles. The topological polar surface area (TPSA) is 48.9 Å². The van der Waals surface area contributed by atoms with Crippen LogP contribution in [-0.2, 0) is 10.2 Å². The molecule has 1 aromatic carbocycles. The molecule has 5 heteroatoms. The van der Waals surface area contributed by atoms with Gasteiger partial charge in [-0.15, -0.1) is 0 Å². The molecule has 2 saturated heterocycles. The van der Waals surface area contributed by atoms with Crippen LogP contribution in [0.2, 0.25) is 0 Å². The number of guanidine groups is 1. The Kier molecular flexibility index (Phi) is 7.13. The fourth-order valence-electron chi connectivity index (χ4n) is 4.32. The van der Waals surface area contributed by atoms with Gasteiger partial charge in [0.15, 0.2) is 5.96 Å². The lowest BCUT2D eigenvalue weighted by molar-refractivity contribution is 0.0513. The van der Waals surface area contributed by atoms with E-state index in [1.54, 1.807) is 0 Å². The molecule has 0 spiro atoms. The SMILES string of the molecule is CN=C(NCC1(c2ccccc2)CCOCC1)NC1CCN(C(C)C)CC1. The zero-order valence-corrected chi connectivity index (χ0v) is 17.2. The highest BCUT2D eigenvalue weighted by molar-refractivity contribution is 5.80. The van der Waals surface area contributed by atoms with Crippen molar-refractivity contribution in [3.05, 3.63) is 35.9 Å². The van der Waals surface area contributed by atoms with Crippen LogP contribution >= 0.6 is 0 Å². The highest BCUT2D eigenvalue weighted by Crippen LogP contribution is 2.34. The van der Waals surface area contributed by atoms with Gasteiger partial charge in [-0.1, -0.05) is 30.3 Å². The molecule has 0 aromatic heterocycles. The highest BCUT2D eigenvalue weighted by Gasteiger charge is 2.34. The fourth-order valence-corrected chi connectivity index (χ4v) is 4.32. The zero-order valence-electron chi connectivity index (χ0n) is 17.2. The minimum absolute atomic E-state index is 0.123. The summed E-state index contributed by atoms with van der Waals surface area (Å²) in [6, 6.07) is 12.0. The van der Waals surface area contributed by atoms with Gasteiger partial charge in [0.1, 0.15) is 0 Å². The van der Waals surface area contributed by atoms with Gasteiger partial charge in [-0.2, -0.15) is 0 Å². The Morgan fingerprint density at radius 2 is 1.85 bits per heavy atom. The smallest absolute Gasteiger partial charge is 0.191 e. The predicted octanol–water partition coefficient (Wildman–Crippen LogP) is 2.77. The molecule has 0 amide bonds. The van der Waals surface area contributed by atoms with Crippen molar-refractivity contribution >= 4 is 5.96 Å². The van der Waals surface area contributed by atoms with Crippen molar-refractivity contribution in [2.75, 3.05) is 39.9 Å². The first-order chi connectivity index (χ1) is 13.1. The Morgan fingerprint density at radius 1 is 1.19 bits per heavy atom. The summed E-state index contributed by atoms with van der Waals surface area (Å²) in [6.45, 7) is 9.45. The van der Waals surface area contributed by atoms with Crippen LogP contribution in [0.3, 0.4) is 0 Å². The lowest BCUT2D eigenvalue weighted by Gasteiger charge is -2.39. The third-order valence-electron chi connectivity index (χ3n) is 6.25. The lowest BCUT2D eigenvalue weighted by Crippen LogP contribution is -2.52. The summed E-state index contributed by atoms with van der Waals surface area (Å²) in [7, 11) is 1.87. The van der Waals surface area contributed by atoms with Gasteiger partial charge in [0.05, 0.1) is 0 Å². The van der Waals surface area contributed by atoms with E-state index in [1.807, 2.05) is 7.05 Å². The molecule has 2 fully saturated rings. The van der Waals surface area contributed by atoms with Crippen molar-refractivity contribution in [1.29, 1.82) is 0 Å². The molecule has 0 atom stereocenters. The second-order valence-corrected chi connectivity index (χ2v) is 8.23. The van der Waals surface area contributed by atoms with E-state index in [4.69, 9.17) is 4.74 Å². The summed E-state index contributed by atoms with van der Waals surface area (Å²) in [5.41, 5.74) is 1.53. The van der Waals surface area contributed by atoms with Crippen molar-refractivity contribution in [2.24, 2.45) is 4.99 Å². The van der Waals surface area contributed by atoms with Crippen LogP contribution in [0.15, 0.2) is 35.3 Å². The first-order valence-electron chi connectivity index (χ1n) is 10.5. The Hall–Kier alpha value is -1.59. The van der Waals surface area contributed by atoms with Crippen LogP contribution in [0.1, 0.15) is 45.1 Å². The molecule has 0 aliphatic carbocycles. The number of piperidine rings is 1. The van der Waals surface area contributed by atoms with Crippen LogP contribution < -0.4 is 10.6 Å². The van der Waals surface area contributed by atoms with Crippen molar-refractivity contribution < 1.29 is 4.74 Å². The molecule has 150 valence electrons. The van der Waals surface area contributed by atoms with Gasteiger partial charge >= 0.3 is 0 Å². The second kappa shape index (κ2) is 9.56. The first-order valence-corrected chi connectivity index (χ1v) is 10.5. The van der Waals surface area contributed by atoms with Crippen molar-refractivity contribution in [3.63, 3.8) is 0 Å². The van der Waals surface area contributed by atoms with Gasteiger partial charge in [-0.3, -0.25) is 4.99 Å². The molecule has 2 aliphatic heterocycles. The van der Waals surface area contributed by atoms with E-state index in [1.165, 1.54) is 18.4 Å². The molecular weight excluding hydrogens is 336 g/mol. The number of nitrogens with one attached hydrogen (secondary N) is 2. The number of nitrogens with zero attached hydrogens (tertiary/aromatic N) is 2. The Morgan fingerprint density at radius 3 is 2.44 bits per heavy atom. The van der Waals surface area contributed by atoms with Gasteiger partial charge in [-0.25, -0.2) is 0 Å². The van der Waals surface area contributed by atoms with Crippen LogP contribution in [0.4, 0.5) is 0 Å². The number of hydrogen-bond donors (Lipinski definition) is 2. The maximum absolute atomic E-state index is 5.65. The number of rotatable bonds is 5. The lowest BCUT2D eigenvalue weighted by atomic mass is 9.74. The van der Waals surface area contributed by atoms with Crippen LogP contribution in [0.5, 0.6) is 0 Å². The minimum Gasteiger partial charge on any atom is -0.381 e. The van der Waals surface area contributed by atoms with Crippen LogP contribution in [0.25, 0.3) is 0 Å². The van der Waals surface area contributed by atoms with E-state index >= 15 is 0 Å². The fraction of sp³-hybridized carbons (Fsp3) is 0.682. The maximum Gasteiger partial charge on any atom is 0.191 e. The monoisotopic (exact) mass is 372 g/mol. The van der Waals surface area contributed by atoms with E-state index < -0.39 is 0 Å². The molecular formula is C22H36N4O. The largest absolute Gasteiger partial charge is 0.381 e. The predicted molar refractivity (Wildman–Crippen MR) is 112 cm³/mol. The van der Waals surface area contributed by atoms with Crippen LogP contribution in [0, 0.1) is 0 Å². The number of likely N-dealkylation sites (tertiary alicyclic amines) is 1. The summed E-state index contributed by atoms with van der Waals surface area (Å²) in [5, 5.41) is 7.28. The standard InChI is InChI=1S/C22H36N4O/c1-18(2)26-13-9-20(10-14-26)25-21(23-3)24-17-22(11-15-27-16-12-22)19-7-5-4-6-8-19/h4-8,18,20H,9-17H2,1-3H3,(H2,23,24,25). The van der Waals surface area contributed by atoms with Crippen LogP contribution in [-0.4, -0.2) is 62.8 Å². The highest BCUT2D eigenvalue weighted by atomic mass is 16.5. The molecule has 27 heavy (non-hydrogen) atoms. The first kappa shape index (κ1) is 20.2. The number of hydrogen-bond acceptors (Lipinski definition) is 3. The Bertz CT molecular complexity index is 588. The molecule has 2 N–H and O–H groups in total. The molecule has 1 aromatic rings. The zero-order chi connectivity index (χ0) is 19.1. The summed E-state index contributed by atoms with van der Waals surface area (Å²) in [6.07, 6.45) is 4.45. The van der Waals surface area contributed by atoms with E-state index in [2.05, 4.69) is 64.7 Å². The quantitative estimate of drug-likeness (QED) is 0.616. The molecule has 3 rings (SSSR count). The normalized spacial score (nSPS) is 22.0. The molecule has 0 saturated carbocycles. The third kappa shape index (κ3) is 5.23. The van der Waals surface area contributed by atoms with E-state index in [9.17, 15) is 0 Å². The van der Waals surface area contributed by atoms with Gasteiger partial charge in [0.2, 0.25) is 0 Å². The van der Waals surface area contributed by atoms with Gasteiger partial charge in [0.25, 0.3) is 0 Å². The summed E-state index contributed by atoms with van der Waals surface area (Å²) >= 11 is 0. The molecule has 0 bridgehead atoms. The van der Waals surface area contributed by atoms with Crippen molar-refractivity contribution in [3.8, 4) is 0 Å². The average Bonchev–Trinajstić information content (AvgIpc) is 2.72. The summed E-state index contributed by atoms with van der Waals surface area (Å²) in [5.74, 6) is 0.930. The Balaban J connectivity index is 1.57. The molecule has 2 aliphatic rings. The molecule has 0 radical (unpaired) electrons. The van der Waals surface area contributed by atoms with Crippen molar-refractivity contribution in [1.82, 2.24) is 15.5 Å². The van der Waals surface area contributed by atoms with Gasteiger partial charge < -0.3 is 20.3 Å².